The molecule has 0 aromatic carbocycles. The van der Waals surface area contributed by atoms with Crippen LogP contribution in [0.4, 0.5) is 5.69 Å². The van der Waals surface area contributed by atoms with Crippen LogP contribution in [0.5, 0.6) is 5.75 Å². The molecule has 0 fully saturated rings. The fourth-order valence-electron chi connectivity index (χ4n) is 1.93. The molecule has 2 heterocycles. The first-order valence-electron chi connectivity index (χ1n) is 6.04. The van der Waals surface area contributed by atoms with Crippen LogP contribution in [-0.2, 0) is 6.54 Å². The molecular weight excluding hydrogens is 244 g/mol. The summed E-state index contributed by atoms with van der Waals surface area (Å²) < 4.78 is 1.81. The van der Waals surface area contributed by atoms with Crippen LogP contribution < -0.4 is 5.32 Å². The minimum Gasteiger partial charge on any atom is -0.505 e. The van der Waals surface area contributed by atoms with Gasteiger partial charge in [-0.2, -0.15) is 5.10 Å². The van der Waals surface area contributed by atoms with Crippen molar-refractivity contribution in [3.63, 3.8) is 0 Å². The third-order valence-corrected chi connectivity index (χ3v) is 2.92. The van der Waals surface area contributed by atoms with E-state index in [1.807, 2.05) is 25.5 Å². The van der Waals surface area contributed by atoms with Gasteiger partial charge in [0, 0.05) is 12.7 Å². The molecule has 6 heteroatoms. The molecule has 0 aliphatic heterocycles. The van der Waals surface area contributed by atoms with Gasteiger partial charge in [0.05, 0.1) is 17.1 Å². The van der Waals surface area contributed by atoms with Crippen LogP contribution in [0.15, 0.2) is 18.3 Å². The van der Waals surface area contributed by atoms with Gasteiger partial charge in [-0.05, 0) is 32.9 Å². The smallest absolute Gasteiger partial charge is 0.278 e. The average molecular weight is 260 g/mol. The van der Waals surface area contributed by atoms with E-state index in [2.05, 4.69) is 15.4 Å². The third-order valence-electron chi connectivity index (χ3n) is 2.92. The zero-order chi connectivity index (χ0) is 14.0. The molecule has 0 atom stereocenters. The number of hydrogen-bond donors (Lipinski definition) is 2. The van der Waals surface area contributed by atoms with E-state index in [1.54, 1.807) is 6.07 Å². The van der Waals surface area contributed by atoms with E-state index >= 15 is 0 Å². The summed E-state index contributed by atoms with van der Waals surface area (Å²) in [5.74, 6) is -0.585. The van der Waals surface area contributed by atoms with Gasteiger partial charge in [-0.1, -0.05) is 0 Å². The zero-order valence-electron chi connectivity index (χ0n) is 11.1. The Balaban J connectivity index is 2.30. The number of amides is 1. The summed E-state index contributed by atoms with van der Waals surface area (Å²) in [5.41, 5.74) is 2.29. The summed E-state index contributed by atoms with van der Waals surface area (Å²) in [5, 5.41) is 16.7. The number of carbonyl (C=O) groups excluding carboxylic acids is 1. The zero-order valence-corrected chi connectivity index (χ0v) is 11.1. The van der Waals surface area contributed by atoms with Crippen molar-refractivity contribution in [2.24, 2.45) is 0 Å². The quantitative estimate of drug-likeness (QED) is 0.883. The lowest BCUT2D eigenvalue weighted by Gasteiger charge is -2.06. The molecule has 0 spiro atoms. The van der Waals surface area contributed by atoms with Crippen LogP contribution in [0.1, 0.15) is 28.8 Å². The molecule has 6 nitrogen and oxygen atoms in total. The van der Waals surface area contributed by atoms with Crippen molar-refractivity contribution in [1.82, 2.24) is 14.8 Å². The minimum atomic E-state index is -0.444. The molecular formula is C13H16N4O2. The lowest BCUT2D eigenvalue weighted by molar-refractivity contribution is 0.101. The van der Waals surface area contributed by atoms with E-state index in [0.29, 0.717) is 5.69 Å². The molecule has 2 rings (SSSR count). The van der Waals surface area contributed by atoms with Crippen LogP contribution in [0.25, 0.3) is 0 Å². The van der Waals surface area contributed by atoms with Crippen LogP contribution >= 0.6 is 0 Å². The highest BCUT2D eigenvalue weighted by molar-refractivity contribution is 6.05. The number of aryl methyl sites for hydroxylation is 2. The predicted octanol–water partition coefficient (Wildman–Crippen LogP) is 1.87. The Labute approximate surface area is 111 Å². The standard InChI is InChI=1S/C13H16N4O2/c1-4-17-9(3)11(8(2)16-17)15-13(19)12-10(18)6-5-7-14-12/h5-7,18H,4H2,1-3H3,(H,15,19). The fourth-order valence-corrected chi connectivity index (χ4v) is 1.93. The topological polar surface area (TPSA) is 80.0 Å². The molecule has 0 saturated carbocycles. The molecule has 0 radical (unpaired) electrons. The first-order valence-corrected chi connectivity index (χ1v) is 6.04. The van der Waals surface area contributed by atoms with Crippen molar-refractivity contribution >= 4 is 11.6 Å². The van der Waals surface area contributed by atoms with Gasteiger partial charge in [-0.25, -0.2) is 4.98 Å². The number of nitrogens with zero attached hydrogens (tertiary/aromatic N) is 3. The Kier molecular flexibility index (Phi) is 3.50. The molecule has 19 heavy (non-hydrogen) atoms. The first-order chi connectivity index (χ1) is 9.04. The molecule has 0 bridgehead atoms. The maximum Gasteiger partial charge on any atom is 0.278 e. The lowest BCUT2D eigenvalue weighted by Crippen LogP contribution is -2.15. The Morgan fingerprint density at radius 1 is 1.47 bits per heavy atom. The van der Waals surface area contributed by atoms with Crippen molar-refractivity contribution in [2.75, 3.05) is 5.32 Å². The van der Waals surface area contributed by atoms with E-state index in [1.165, 1.54) is 12.3 Å². The van der Waals surface area contributed by atoms with Gasteiger partial charge in [-0.3, -0.25) is 9.48 Å². The largest absolute Gasteiger partial charge is 0.505 e. The summed E-state index contributed by atoms with van der Waals surface area (Å²) in [6.45, 7) is 6.43. The Morgan fingerprint density at radius 3 is 2.79 bits per heavy atom. The number of carbonyl (C=O) groups is 1. The monoisotopic (exact) mass is 260 g/mol. The Hall–Kier alpha value is -2.37. The average Bonchev–Trinajstić information content (AvgIpc) is 2.66. The Morgan fingerprint density at radius 2 is 2.21 bits per heavy atom. The second-order valence-corrected chi connectivity index (χ2v) is 4.19. The Bertz CT molecular complexity index is 619. The van der Waals surface area contributed by atoms with Crippen molar-refractivity contribution in [1.29, 1.82) is 0 Å². The molecule has 0 aliphatic carbocycles. The maximum absolute atomic E-state index is 12.1. The van der Waals surface area contributed by atoms with Crippen molar-refractivity contribution in [3.05, 3.63) is 35.4 Å². The van der Waals surface area contributed by atoms with Crippen molar-refractivity contribution < 1.29 is 9.90 Å². The number of aromatic hydroxyl groups is 1. The van der Waals surface area contributed by atoms with E-state index in [4.69, 9.17) is 0 Å². The lowest BCUT2D eigenvalue weighted by atomic mass is 10.2. The number of anilines is 1. The molecule has 2 N–H and O–H groups in total. The van der Waals surface area contributed by atoms with Crippen LogP contribution in [-0.4, -0.2) is 25.8 Å². The first kappa shape index (κ1) is 13.1. The summed E-state index contributed by atoms with van der Waals surface area (Å²) in [7, 11) is 0. The highest BCUT2D eigenvalue weighted by Gasteiger charge is 2.17. The molecule has 2 aromatic heterocycles. The molecule has 0 unspecified atom stereocenters. The highest BCUT2D eigenvalue weighted by Crippen LogP contribution is 2.21. The van der Waals surface area contributed by atoms with Crippen molar-refractivity contribution in [3.8, 4) is 5.75 Å². The number of rotatable bonds is 3. The SMILES string of the molecule is CCn1nc(C)c(NC(=O)c2ncccc2O)c1C. The second kappa shape index (κ2) is 5.09. The molecule has 1 amide bonds. The summed E-state index contributed by atoms with van der Waals surface area (Å²) in [6.07, 6.45) is 1.46. The van der Waals surface area contributed by atoms with E-state index < -0.39 is 5.91 Å². The molecule has 2 aromatic rings. The molecule has 0 saturated heterocycles. The van der Waals surface area contributed by atoms with Crippen LogP contribution in [0.3, 0.4) is 0 Å². The normalized spacial score (nSPS) is 10.5. The van der Waals surface area contributed by atoms with Gasteiger partial charge in [-0.15, -0.1) is 0 Å². The highest BCUT2D eigenvalue weighted by atomic mass is 16.3. The van der Waals surface area contributed by atoms with E-state index in [-0.39, 0.29) is 11.4 Å². The van der Waals surface area contributed by atoms with Gasteiger partial charge in [0.2, 0.25) is 0 Å². The summed E-state index contributed by atoms with van der Waals surface area (Å²) >= 11 is 0. The van der Waals surface area contributed by atoms with Gasteiger partial charge >= 0.3 is 0 Å². The number of hydrogen-bond acceptors (Lipinski definition) is 4. The van der Waals surface area contributed by atoms with Crippen molar-refractivity contribution in [2.45, 2.75) is 27.3 Å². The van der Waals surface area contributed by atoms with Gasteiger partial charge in [0.25, 0.3) is 5.91 Å². The summed E-state index contributed by atoms with van der Waals surface area (Å²) in [6, 6.07) is 2.99. The number of aromatic nitrogens is 3. The second-order valence-electron chi connectivity index (χ2n) is 4.19. The van der Waals surface area contributed by atoms with Gasteiger partial charge in [0.1, 0.15) is 5.75 Å². The molecule has 100 valence electrons. The summed E-state index contributed by atoms with van der Waals surface area (Å²) in [4.78, 5) is 15.9. The van der Waals surface area contributed by atoms with Crippen LogP contribution in [0, 0.1) is 13.8 Å². The molecule has 0 aliphatic rings. The van der Waals surface area contributed by atoms with Gasteiger partial charge < -0.3 is 10.4 Å². The van der Waals surface area contributed by atoms with E-state index in [9.17, 15) is 9.90 Å². The number of nitrogens with one attached hydrogen (secondary N) is 1. The van der Waals surface area contributed by atoms with Gasteiger partial charge in [0.15, 0.2) is 5.69 Å². The van der Waals surface area contributed by atoms with Crippen LogP contribution in [0.2, 0.25) is 0 Å². The number of pyridine rings is 1. The van der Waals surface area contributed by atoms with E-state index in [0.717, 1.165) is 17.9 Å². The fraction of sp³-hybridized carbons (Fsp3) is 0.308. The predicted molar refractivity (Wildman–Crippen MR) is 71.2 cm³/mol. The maximum atomic E-state index is 12.1. The minimum absolute atomic E-state index is 0.00514. The third kappa shape index (κ3) is 2.42.